The lowest BCUT2D eigenvalue weighted by Crippen LogP contribution is -2.27. The minimum atomic E-state index is -1.00. The summed E-state index contributed by atoms with van der Waals surface area (Å²) in [6.45, 7) is 4.51. The molecule has 0 amide bonds. The van der Waals surface area contributed by atoms with Crippen molar-refractivity contribution >= 4 is 11.9 Å². The zero-order valence-corrected chi connectivity index (χ0v) is 29.0. The fourth-order valence-electron chi connectivity index (χ4n) is 5.83. The number of esters is 1. The molecule has 0 radical (unpaired) electrons. The zero-order valence-electron chi connectivity index (χ0n) is 29.0. The number of carboxylic acid groups (broad SMARTS) is 1. The summed E-state index contributed by atoms with van der Waals surface area (Å²) < 4.78 is 5.31. The molecule has 0 rings (SSSR count). The topological polar surface area (TPSA) is 63.6 Å². The van der Waals surface area contributed by atoms with E-state index in [2.05, 4.69) is 26.0 Å². The maximum atomic E-state index is 12.2. The summed E-state index contributed by atoms with van der Waals surface area (Å²) in [5.41, 5.74) is 0. The molecule has 0 aromatic heterocycles. The molecule has 0 spiro atoms. The number of unbranched alkanes of at least 4 members (excludes halogenated alkanes) is 27. The first-order valence-corrected chi connectivity index (χ1v) is 19.2. The Morgan fingerprint density at radius 2 is 0.837 bits per heavy atom. The highest BCUT2D eigenvalue weighted by Crippen LogP contribution is 2.16. The van der Waals surface area contributed by atoms with Gasteiger partial charge in [-0.25, -0.2) is 4.79 Å². The van der Waals surface area contributed by atoms with Crippen molar-refractivity contribution in [1.29, 1.82) is 0 Å². The maximum Gasteiger partial charge on any atom is 0.345 e. The predicted octanol–water partition coefficient (Wildman–Crippen LogP) is 13.1. The van der Waals surface area contributed by atoms with Gasteiger partial charge in [0.15, 0.2) is 6.10 Å². The molecule has 1 unspecified atom stereocenters. The van der Waals surface area contributed by atoms with E-state index in [-0.39, 0.29) is 5.97 Å². The van der Waals surface area contributed by atoms with E-state index in [9.17, 15) is 14.7 Å². The first kappa shape index (κ1) is 41.7. The van der Waals surface area contributed by atoms with E-state index in [4.69, 9.17) is 4.74 Å². The van der Waals surface area contributed by atoms with Crippen LogP contribution in [0.5, 0.6) is 0 Å². The van der Waals surface area contributed by atoms with Crippen LogP contribution in [0, 0.1) is 0 Å². The third-order valence-corrected chi connectivity index (χ3v) is 8.76. The van der Waals surface area contributed by atoms with Crippen LogP contribution in [0.2, 0.25) is 0 Å². The van der Waals surface area contributed by atoms with Gasteiger partial charge in [-0.05, 0) is 38.5 Å². The second-order valence-corrected chi connectivity index (χ2v) is 13.1. The molecule has 254 valence electrons. The molecule has 43 heavy (non-hydrogen) atoms. The molecule has 0 saturated carbocycles. The van der Waals surface area contributed by atoms with Crippen molar-refractivity contribution in [2.24, 2.45) is 0 Å². The Morgan fingerprint density at radius 1 is 0.488 bits per heavy atom. The Morgan fingerprint density at radius 3 is 1.26 bits per heavy atom. The summed E-state index contributed by atoms with van der Waals surface area (Å²) in [6.07, 6.45) is 42.5. The summed E-state index contributed by atoms with van der Waals surface area (Å²) >= 11 is 0. The lowest BCUT2D eigenvalue weighted by molar-refractivity contribution is -0.164. The van der Waals surface area contributed by atoms with Gasteiger partial charge in [-0.1, -0.05) is 187 Å². The molecule has 1 N–H and O–H groups in total. The first-order valence-electron chi connectivity index (χ1n) is 19.2. The molecular weight excluding hydrogens is 532 g/mol. The highest BCUT2D eigenvalue weighted by molar-refractivity contribution is 5.77. The molecule has 0 bridgehead atoms. The number of hydrogen-bond donors (Lipinski definition) is 1. The highest BCUT2D eigenvalue weighted by Gasteiger charge is 2.21. The monoisotopic (exact) mass is 607 g/mol. The van der Waals surface area contributed by atoms with Crippen molar-refractivity contribution in [3.63, 3.8) is 0 Å². The summed E-state index contributed by atoms with van der Waals surface area (Å²) in [4.78, 5) is 23.7. The van der Waals surface area contributed by atoms with Gasteiger partial charge in [0.25, 0.3) is 0 Å². The molecule has 0 aromatic rings. The molecule has 0 aliphatic heterocycles. The van der Waals surface area contributed by atoms with Crippen LogP contribution in [0.15, 0.2) is 12.2 Å². The molecule has 0 aromatic carbocycles. The number of rotatable bonds is 35. The molecule has 0 aliphatic carbocycles. The molecular formula is C39H74O4. The molecule has 1 atom stereocenters. The fraction of sp³-hybridized carbons (Fsp3) is 0.897. The van der Waals surface area contributed by atoms with Gasteiger partial charge in [0, 0.05) is 6.42 Å². The Labute approximate surface area is 268 Å². The van der Waals surface area contributed by atoms with Crippen molar-refractivity contribution in [2.75, 3.05) is 0 Å². The smallest absolute Gasteiger partial charge is 0.345 e. The lowest BCUT2D eigenvalue weighted by Gasteiger charge is -2.13. The normalized spacial score (nSPS) is 12.2. The van der Waals surface area contributed by atoms with Gasteiger partial charge in [0.2, 0.25) is 0 Å². The van der Waals surface area contributed by atoms with Crippen LogP contribution in [-0.4, -0.2) is 23.1 Å². The number of allylic oxidation sites excluding steroid dienone is 2. The van der Waals surface area contributed by atoms with Crippen molar-refractivity contribution < 1.29 is 19.4 Å². The lowest BCUT2D eigenvalue weighted by atomic mass is 10.0. The molecule has 0 fully saturated rings. The Bertz CT molecular complexity index is 614. The number of hydrogen-bond acceptors (Lipinski definition) is 3. The van der Waals surface area contributed by atoms with E-state index in [1.807, 2.05) is 0 Å². The Hall–Kier alpha value is -1.32. The SMILES string of the molecule is CCCC/C=C\CCCCCCCCC(=O)OC(CCCCCCCCCCCCCCCCCCCCCC)C(=O)O. The van der Waals surface area contributed by atoms with Crippen molar-refractivity contribution in [2.45, 2.75) is 225 Å². The van der Waals surface area contributed by atoms with Crippen LogP contribution in [-0.2, 0) is 14.3 Å². The minimum absolute atomic E-state index is 0.337. The average Bonchev–Trinajstić information content (AvgIpc) is 3.00. The fourth-order valence-corrected chi connectivity index (χ4v) is 5.83. The van der Waals surface area contributed by atoms with Gasteiger partial charge < -0.3 is 9.84 Å². The van der Waals surface area contributed by atoms with Gasteiger partial charge in [0.05, 0.1) is 0 Å². The van der Waals surface area contributed by atoms with Crippen molar-refractivity contribution in [3.05, 3.63) is 12.2 Å². The number of carbonyl (C=O) groups excluding carboxylic acids is 1. The average molecular weight is 607 g/mol. The van der Waals surface area contributed by atoms with Crippen LogP contribution in [0.1, 0.15) is 219 Å². The molecule has 4 heteroatoms. The van der Waals surface area contributed by atoms with E-state index in [0.29, 0.717) is 12.8 Å². The minimum Gasteiger partial charge on any atom is -0.479 e. The number of aliphatic carboxylic acids is 1. The van der Waals surface area contributed by atoms with E-state index in [1.54, 1.807) is 0 Å². The summed E-state index contributed by atoms with van der Waals surface area (Å²) in [5, 5.41) is 9.47. The van der Waals surface area contributed by atoms with Crippen LogP contribution >= 0.6 is 0 Å². The molecule has 0 saturated heterocycles. The Balaban J connectivity index is 3.50. The van der Waals surface area contributed by atoms with E-state index in [0.717, 1.165) is 38.5 Å². The van der Waals surface area contributed by atoms with Crippen molar-refractivity contribution in [1.82, 2.24) is 0 Å². The van der Waals surface area contributed by atoms with Gasteiger partial charge >= 0.3 is 11.9 Å². The van der Waals surface area contributed by atoms with Gasteiger partial charge in [-0.3, -0.25) is 4.79 Å². The van der Waals surface area contributed by atoms with Gasteiger partial charge in [-0.15, -0.1) is 0 Å². The van der Waals surface area contributed by atoms with E-state index >= 15 is 0 Å². The number of ether oxygens (including phenoxy) is 1. The van der Waals surface area contributed by atoms with E-state index in [1.165, 1.54) is 154 Å². The van der Waals surface area contributed by atoms with E-state index < -0.39 is 12.1 Å². The second-order valence-electron chi connectivity index (χ2n) is 13.1. The summed E-state index contributed by atoms with van der Waals surface area (Å²) in [6, 6.07) is 0. The maximum absolute atomic E-state index is 12.2. The van der Waals surface area contributed by atoms with Crippen LogP contribution < -0.4 is 0 Å². The first-order chi connectivity index (χ1) is 21.1. The van der Waals surface area contributed by atoms with Crippen LogP contribution in [0.4, 0.5) is 0 Å². The quantitative estimate of drug-likeness (QED) is 0.0443. The van der Waals surface area contributed by atoms with Crippen molar-refractivity contribution in [3.8, 4) is 0 Å². The molecule has 0 aliphatic rings. The molecule has 0 heterocycles. The third kappa shape index (κ3) is 33.4. The molecule has 4 nitrogen and oxygen atoms in total. The number of carboxylic acids is 1. The third-order valence-electron chi connectivity index (χ3n) is 8.76. The standard InChI is InChI=1S/C39H74O4/c1-3-5-7-9-11-13-15-17-18-19-20-21-22-23-24-25-27-29-31-33-35-37(39(41)42)43-38(40)36-34-32-30-28-26-16-14-12-10-8-6-4-2/h10,12,37H,3-9,11,13-36H2,1-2H3,(H,41,42)/b12-10-. The van der Waals surface area contributed by atoms with Crippen LogP contribution in [0.25, 0.3) is 0 Å². The largest absolute Gasteiger partial charge is 0.479 e. The zero-order chi connectivity index (χ0) is 31.5. The summed E-state index contributed by atoms with van der Waals surface area (Å²) in [7, 11) is 0. The number of carbonyl (C=O) groups is 2. The second kappa shape index (κ2) is 35.2. The summed E-state index contributed by atoms with van der Waals surface area (Å²) in [5.74, 6) is -1.35. The van der Waals surface area contributed by atoms with Gasteiger partial charge in [-0.2, -0.15) is 0 Å². The predicted molar refractivity (Wildman–Crippen MR) is 186 cm³/mol. The highest BCUT2D eigenvalue weighted by atomic mass is 16.6. The Kier molecular flexibility index (Phi) is 34.1. The van der Waals surface area contributed by atoms with Gasteiger partial charge in [0.1, 0.15) is 0 Å². The van der Waals surface area contributed by atoms with Crippen LogP contribution in [0.3, 0.4) is 0 Å².